The second kappa shape index (κ2) is 8.98. The van der Waals surface area contributed by atoms with Crippen molar-refractivity contribution in [2.75, 3.05) is 6.61 Å². The van der Waals surface area contributed by atoms with Gasteiger partial charge in [-0.2, -0.15) is 0 Å². The Bertz CT molecular complexity index is 1050. The number of ether oxygens (including phenoxy) is 1. The van der Waals surface area contributed by atoms with Gasteiger partial charge in [0.15, 0.2) is 8.32 Å². The number of carbonyl (C=O) groups is 1. The highest BCUT2D eigenvalue weighted by Gasteiger charge is 2.69. The summed E-state index contributed by atoms with van der Waals surface area (Å²) in [6, 6.07) is 5.33. The van der Waals surface area contributed by atoms with E-state index in [4.69, 9.17) is 4.43 Å². The predicted molar refractivity (Wildman–Crippen MR) is 135 cm³/mol. The zero-order valence-electron chi connectivity index (χ0n) is 22.5. The Morgan fingerprint density at radius 3 is 2.17 bits per heavy atom. The van der Waals surface area contributed by atoms with Crippen LogP contribution >= 0.6 is 0 Å². The van der Waals surface area contributed by atoms with Crippen molar-refractivity contribution in [3.8, 4) is 17.6 Å². The van der Waals surface area contributed by atoms with E-state index in [0.717, 1.165) is 0 Å². The molecule has 0 aliphatic carbocycles. The van der Waals surface area contributed by atoms with Crippen LogP contribution in [0.2, 0.25) is 18.1 Å². The summed E-state index contributed by atoms with van der Waals surface area (Å²) in [5.74, 6) is 6.00. The van der Waals surface area contributed by atoms with E-state index in [1.54, 1.807) is 4.90 Å². The van der Waals surface area contributed by atoms with Gasteiger partial charge >= 0.3 is 12.5 Å². The minimum absolute atomic E-state index is 0.00891. The van der Waals surface area contributed by atoms with Gasteiger partial charge in [-0.15, -0.1) is 13.2 Å². The zero-order valence-corrected chi connectivity index (χ0v) is 23.5. The van der Waals surface area contributed by atoms with Crippen molar-refractivity contribution in [1.29, 1.82) is 0 Å². The molecular formula is C27H38F3NO4Si. The van der Waals surface area contributed by atoms with Gasteiger partial charge in [0.2, 0.25) is 0 Å². The predicted octanol–water partition coefficient (Wildman–Crippen LogP) is 7.28. The molecule has 0 saturated carbocycles. The lowest BCUT2D eigenvalue weighted by Gasteiger charge is -2.46. The number of rotatable bonds is 4. The minimum Gasteiger partial charge on any atom is -0.465 e. The lowest BCUT2D eigenvalue weighted by molar-refractivity contribution is -0.274. The number of halogens is 3. The molecule has 0 aromatic heterocycles. The summed E-state index contributed by atoms with van der Waals surface area (Å²) in [6.07, 6.45) is -3.94. The average Bonchev–Trinajstić information content (AvgIpc) is 3.19. The van der Waals surface area contributed by atoms with Gasteiger partial charge in [-0.25, -0.2) is 4.79 Å². The van der Waals surface area contributed by atoms with Crippen molar-refractivity contribution < 1.29 is 32.2 Å². The highest BCUT2D eigenvalue weighted by atomic mass is 28.4. The van der Waals surface area contributed by atoms with Crippen LogP contribution in [-0.4, -0.2) is 48.5 Å². The molecule has 9 heteroatoms. The van der Waals surface area contributed by atoms with Gasteiger partial charge in [0.05, 0.1) is 12.1 Å². The SMILES string of the molecule is CC(C)(C)C1CC2(C#Cc3ccc(OC(F)(F)F)cc3)CCC1(CO[Si](C)(C)C(C)(C)C)N2C(=O)O. The molecular weight excluding hydrogens is 487 g/mol. The maximum atomic E-state index is 12.7. The molecule has 2 aliphatic rings. The quantitative estimate of drug-likeness (QED) is 0.332. The molecule has 2 bridgehead atoms. The smallest absolute Gasteiger partial charge is 0.465 e. The van der Waals surface area contributed by atoms with Crippen molar-refractivity contribution in [2.45, 2.75) is 96.4 Å². The number of benzene rings is 1. The number of amides is 1. The number of alkyl halides is 3. The third-order valence-electron chi connectivity index (χ3n) is 8.29. The fraction of sp³-hybridized carbons (Fsp3) is 0.667. The van der Waals surface area contributed by atoms with Crippen LogP contribution in [0.5, 0.6) is 5.75 Å². The van der Waals surface area contributed by atoms with Gasteiger partial charge in [0, 0.05) is 5.56 Å². The second-order valence-electron chi connectivity index (χ2n) is 12.7. The van der Waals surface area contributed by atoms with Crippen molar-refractivity contribution >= 4 is 14.4 Å². The number of hydrogen-bond donors (Lipinski definition) is 1. The molecule has 1 N–H and O–H groups in total. The maximum Gasteiger partial charge on any atom is 0.573 e. The highest BCUT2D eigenvalue weighted by Crippen LogP contribution is 2.61. The number of hydrogen-bond acceptors (Lipinski definition) is 3. The van der Waals surface area contributed by atoms with Crippen LogP contribution in [0.1, 0.15) is 66.4 Å². The minimum atomic E-state index is -4.76. The van der Waals surface area contributed by atoms with E-state index in [9.17, 15) is 23.1 Å². The Hall–Kier alpha value is -2.18. The molecule has 0 radical (unpaired) electrons. The first kappa shape index (κ1) is 28.4. The van der Waals surface area contributed by atoms with E-state index in [1.165, 1.54) is 24.3 Å². The van der Waals surface area contributed by atoms with Crippen LogP contribution < -0.4 is 4.74 Å². The summed E-state index contributed by atoms with van der Waals surface area (Å²) in [5.41, 5.74) is -1.23. The van der Waals surface area contributed by atoms with E-state index in [2.05, 4.69) is 71.2 Å². The van der Waals surface area contributed by atoms with Gasteiger partial charge in [-0.05, 0) is 73.0 Å². The summed E-state index contributed by atoms with van der Waals surface area (Å²) >= 11 is 0. The first-order chi connectivity index (χ1) is 16.2. The maximum absolute atomic E-state index is 12.7. The van der Waals surface area contributed by atoms with Gasteiger partial charge in [0.25, 0.3) is 0 Å². The van der Waals surface area contributed by atoms with Crippen molar-refractivity contribution in [3.63, 3.8) is 0 Å². The Morgan fingerprint density at radius 2 is 1.69 bits per heavy atom. The summed E-state index contributed by atoms with van der Waals surface area (Å²) < 4.78 is 48.0. The molecule has 1 aromatic carbocycles. The average molecular weight is 526 g/mol. The molecule has 3 atom stereocenters. The lowest BCUT2D eigenvalue weighted by atomic mass is 9.63. The molecule has 2 aliphatic heterocycles. The van der Waals surface area contributed by atoms with E-state index >= 15 is 0 Å². The topological polar surface area (TPSA) is 59.0 Å². The van der Waals surface area contributed by atoms with E-state index in [1.807, 2.05) is 0 Å². The first-order valence-electron chi connectivity index (χ1n) is 12.3. The van der Waals surface area contributed by atoms with Crippen LogP contribution in [0.25, 0.3) is 0 Å². The van der Waals surface area contributed by atoms with Crippen molar-refractivity contribution in [3.05, 3.63) is 29.8 Å². The van der Waals surface area contributed by atoms with Gasteiger partial charge < -0.3 is 14.3 Å². The summed E-state index contributed by atoms with van der Waals surface area (Å²) in [5, 5.41) is 10.4. The fourth-order valence-corrected chi connectivity index (χ4v) is 6.51. The normalized spacial score (nSPS) is 26.5. The lowest BCUT2D eigenvalue weighted by Crippen LogP contribution is -2.57. The van der Waals surface area contributed by atoms with Gasteiger partial charge in [-0.3, -0.25) is 4.90 Å². The van der Waals surface area contributed by atoms with E-state index in [-0.39, 0.29) is 22.1 Å². The molecule has 2 heterocycles. The molecule has 200 valence electrons. The number of fused-ring (bicyclic) bond motifs is 2. The highest BCUT2D eigenvalue weighted by molar-refractivity contribution is 6.74. The van der Waals surface area contributed by atoms with E-state index in [0.29, 0.717) is 31.4 Å². The zero-order chi connectivity index (χ0) is 27.4. The largest absolute Gasteiger partial charge is 0.573 e. The fourth-order valence-electron chi connectivity index (χ4n) is 5.47. The monoisotopic (exact) mass is 525 g/mol. The first-order valence-corrected chi connectivity index (χ1v) is 15.2. The van der Waals surface area contributed by atoms with Gasteiger partial charge in [0.1, 0.15) is 11.3 Å². The van der Waals surface area contributed by atoms with Crippen molar-refractivity contribution in [2.24, 2.45) is 11.3 Å². The molecule has 2 fully saturated rings. The second-order valence-corrected chi connectivity index (χ2v) is 17.6. The Kier molecular flexibility index (Phi) is 7.08. The summed E-state index contributed by atoms with van der Waals surface area (Å²) in [4.78, 5) is 14.3. The molecule has 1 aromatic rings. The summed E-state index contributed by atoms with van der Waals surface area (Å²) in [7, 11) is -2.14. The third kappa shape index (κ3) is 5.40. The molecule has 1 amide bonds. The molecule has 3 unspecified atom stereocenters. The number of nitrogens with zero attached hydrogens (tertiary/aromatic N) is 1. The molecule has 0 spiro atoms. The standard InChI is InChI=1S/C27H38F3NO4Si/c1-23(2,3)21-17-25(14-13-19-9-11-20(12-10-19)35-27(28,29)30)15-16-26(21,31(25)22(32)33)18-34-36(7,8)24(4,5)6/h9-12,21H,15-18H2,1-8H3,(H,32,33). The van der Waals surface area contributed by atoms with Crippen LogP contribution in [-0.2, 0) is 4.43 Å². The van der Waals surface area contributed by atoms with Crippen LogP contribution in [0.4, 0.5) is 18.0 Å². The Morgan fingerprint density at radius 1 is 1.11 bits per heavy atom. The van der Waals surface area contributed by atoms with Crippen molar-refractivity contribution in [1.82, 2.24) is 4.90 Å². The van der Waals surface area contributed by atoms with Gasteiger partial charge in [-0.1, -0.05) is 53.4 Å². The van der Waals surface area contributed by atoms with Crippen LogP contribution in [0, 0.1) is 23.2 Å². The molecule has 5 nitrogen and oxygen atoms in total. The number of carboxylic acid groups (broad SMARTS) is 1. The van der Waals surface area contributed by atoms with E-state index < -0.39 is 31.9 Å². The Balaban J connectivity index is 1.98. The van der Waals surface area contributed by atoms with Crippen LogP contribution in [0.15, 0.2) is 24.3 Å². The van der Waals surface area contributed by atoms with Crippen LogP contribution in [0.3, 0.4) is 0 Å². The summed E-state index contributed by atoms with van der Waals surface area (Å²) in [6.45, 7) is 17.6. The Labute approximate surface area is 213 Å². The third-order valence-corrected chi connectivity index (χ3v) is 12.8. The molecule has 3 rings (SSSR count). The molecule has 36 heavy (non-hydrogen) atoms. The molecule has 2 saturated heterocycles.